The normalized spacial score (nSPS) is 14.9. The van der Waals surface area contributed by atoms with E-state index in [1.165, 1.54) is 0 Å². The Morgan fingerprint density at radius 3 is 2.81 bits per heavy atom. The number of aromatic nitrogens is 3. The third-order valence-electron chi connectivity index (χ3n) is 4.60. The Morgan fingerprint density at radius 1 is 1.30 bits per heavy atom. The molecule has 1 aromatic carbocycles. The molecule has 1 aliphatic rings. The fourth-order valence-electron chi connectivity index (χ4n) is 3.01. The molecule has 27 heavy (non-hydrogen) atoms. The van der Waals surface area contributed by atoms with Crippen molar-refractivity contribution in [2.24, 2.45) is 0 Å². The van der Waals surface area contributed by atoms with Crippen LogP contribution in [0.5, 0.6) is 5.75 Å². The molecule has 1 aliphatic heterocycles. The molecule has 1 saturated heterocycles. The van der Waals surface area contributed by atoms with Crippen molar-refractivity contribution in [1.82, 2.24) is 25.6 Å². The van der Waals surface area contributed by atoms with Crippen molar-refractivity contribution >= 4 is 5.91 Å². The molecule has 8 nitrogen and oxygen atoms in total. The number of carbonyl (C=O) groups is 1. The summed E-state index contributed by atoms with van der Waals surface area (Å²) in [5.74, 6) is 0.642. The van der Waals surface area contributed by atoms with Crippen molar-refractivity contribution < 1.29 is 14.3 Å². The monoisotopic (exact) mass is 373 g/mol. The zero-order valence-electron chi connectivity index (χ0n) is 15.7. The predicted octanol–water partition coefficient (Wildman–Crippen LogP) is 1.55. The summed E-state index contributed by atoms with van der Waals surface area (Å²) in [6.07, 6.45) is 4.50. The average Bonchev–Trinajstić information content (AvgIpc) is 3.22. The highest BCUT2D eigenvalue weighted by atomic mass is 16.5. The second kappa shape index (κ2) is 10.0. The summed E-state index contributed by atoms with van der Waals surface area (Å²) in [6.45, 7) is 3.61. The Kier molecular flexibility index (Phi) is 7.18. The second-order valence-corrected chi connectivity index (χ2v) is 6.58. The lowest BCUT2D eigenvalue weighted by atomic mass is 10.1. The van der Waals surface area contributed by atoms with E-state index in [9.17, 15) is 4.79 Å². The highest BCUT2D eigenvalue weighted by Gasteiger charge is 2.18. The minimum atomic E-state index is -0.190. The molecule has 146 valence electrons. The van der Waals surface area contributed by atoms with Crippen molar-refractivity contribution in [2.45, 2.75) is 31.9 Å². The molecular weight excluding hydrogens is 346 g/mol. The van der Waals surface area contributed by atoms with Crippen LogP contribution < -0.4 is 15.4 Å². The number of carbonyl (C=O) groups excluding carboxylic acids is 1. The van der Waals surface area contributed by atoms with E-state index in [0.29, 0.717) is 31.5 Å². The predicted molar refractivity (Wildman–Crippen MR) is 101 cm³/mol. The molecule has 3 rings (SSSR count). The van der Waals surface area contributed by atoms with Gasteiger partial charge in [0.15, 0.2) is 5.69 Å². The van der Waals surface area contributed by atoms with Crippen LogP contribution in [-0.4, -0.2) is 54.3 Å². The molecule has 8 heteroatoms. The quantitative estimate of drug-likeness (QED) is 0.648. The molecule has 0 aliphatic carbocycles. The number of rotatable bonds is 9. The first-order valence-electron chi connectivity index (χ1n) is 9.37. The molecule has 2 heterocycles. The summed E-state index contributed by atoms with van der Waals surface area (Å²) in [5.41, 5.74) is 1.46. The largest absolute Gasteiger partial charge is 0.497 e. The summed E-state index contributed by atoms with van der Waals surface area (Å²) in [6, 6.07) is 8.11. The molecule has 1 amide bonds. The van der Waals surface area contributed by atoms with Crippen molar-refractivity contribution in [3.63, 3.8) is 0 Å². The van der Waals surface area contributed by atoms with Crippen LogP contribution in [0.15, 0.2) is 30.5 Å². The third kappa shape index (κ3) is 5.77. The molecule has 2 aromatic rings. The number of methoxy groups -OCH3 is 1. The van der Waals surface area contributed by atoms with Gasteiger partial charge in [-0.2, -0.15) is 0 Å². The molecule has 1 fully saturated rings. The van der Waals surface area contributed by atoms with E-state index in [0.717, 1.165) is 43.7 Å². The highest BCUT2D eigenvalue weighted by molar-refractivity contribution is 5.91. The van der Waals surface area contributed by atoms with Gasteiger partial charge in [0.2, 0.25) is 0 Å². The van der Waals surface area contributed by atoms with Gasteiger partial charge >= 0.3 is 0 Å². The lowest BCUT2D eigenvalue weighted by Crippen LogP contribution is -2.29. The van der Waals surface area contributed by atoms with E-state index < -0.39 is 0 Å². The van der Waals surface area contributed by atoms with Crippen molar-refractivity contribution in [1.29, 1.82) is 0 Å². The van der Waals surface area contributed by atoms with E-state index in [1.807, 2.05) is 28.9 Å². The Balaban J connectivity index is 1.31. The number of benzene rings is 1. The van der Waals surface area contributed by atoms with Gasteiger partial charge < -0.3 is 20.1 Å². The summed E-state index contributed by atoms with van der Waals surface area (Å²) >= 11 is 0. The van der Waals surface area contributed by atoms with Crippen LogP contribution in [0.2, 0.25) is 0 Å². The standard InChI is InChI=1S/C19H27N5O3/c1-26-17-5-3-15(4-6-17)14-27-12-2-9-21-19(25)18-13-24(23-22-18)16-7-10-20-11-8-16/h3-6,13,16,20H,2,7-12,14H2,1H3,(H,21,25). The molecule has 0 atom stereocenters. The zero-order valence-corrected chi connectivity index (χ0v) is 15.7. The van der Waals surface area contributed by atoms with E-state index in [2.05, 4.69) is 20.9 Å². The van der Waals surface area contributed by atoms with Crippen LogP contribution in [0.25, 0.3) is 0 Å². The Hall–Kier alpha value is -2.45. The summed E-state index contributed by atoms with van der Waals surface area (Å²) in [5, 5.41) is 14.3. The van der Waals surface area contributed by atoms with Gasteiger partial charge in [-0.15, -0.1) is 5.10 Å². The van der Waals surface area contributed by atoms with E-state index in [1.54, 1.807) is 13.3 Å². The maximum atomic E-state index is 12.2. The van der Waals surface area contributed by atoms with Crippen molar-refractivity contribution in [2.75, 3.05) is 33.4 Å². The first-order chi connectivity index (χ1) is 13.3. The van der Waals surface area contributed by atoms with Gasteiger partial charge in [0.1, 0.15) is 5.75 Å². The van der Waals surface area contributed by atoms with E-state index in [4.69, 9.17) is 9.47 Å². The van der Waals surface area contributed by atoms with Gasteiger partial charge in [0.05, 0.1) is 26.0 Å². The van der Waals surface area contributed by atoms with Gasteiger partial charge in [-0.25, -0.2) is 4.68 Å². The van der Waals surface area contributed by atoms with E-state index in [-0.39, 0.29) is 5.91 Å². The lowest BCUT2D eigenvalue weighted by molar-refractivity contribution is 0.0929. The Bertz CT molecular complexity index is 710. The van der Waals surface area contributed by atoms with Gasteiger partial charge in [0.25, 0.3) is 5.91 Å². The fourth-order valence-corrected chi connectivity index (χ4v) is 3.01. The van der Waals surface area contributed by atoms with Gasteiger partial charge in [-0.1, -0.05) is 17.3 Å². The molecule has 1 aromatic heterocycles. The summed E-state index contributed by atoms with van der Waals surface area (Å²) in [7, 11) is 1.65. The molecule has 2 N–H and O–H groups in total. The van der Waals surface area contributed by atoms with Gasteiger partial charge in [0, 0.05) is 13.2 Å². The number of nitrogens with zero attached hydrogens (tertiary/aromatic N) is 3. The lowest BCUT2D eigenvalue weighted by Gasteiger charge is -2.22. The number of nitrogens with one attached hydrogen (secondary N) is 2. The van der Waals surface area contributed by atoms with Crippen LogP contribution in [0.4, 0.5) is 0 Å². The van der Waals surface area contributed by atoms with Crippen LogP contribution in [0.1, 0.15) is 41.4 Å². The zero-order chi connectivity index (χ0) is 18.9. The van der Waals surface area contributed by atoms with E-state index >= 15 is 0 Å². The maximum absolute atomic E-state index is 12.2. The number of hydrogen-bond donors (Lipinski definition) is 2. The highest BCUT2D eigenvalue weighted by Crippen LogP contribution is 2.17. The Labute approximate surface area is 159 Å². The molecule has 0 radical (unpaired) electrons. The molecule has 0 bridgehead atoms. The number of hydrogen-bond acceptors (Lipinski definition) is 6. The van der Waals surface area contributed by atoms with Crippen molar-refractivity contribution in [3.05, 3.63) is 41.7 Å². The molecular formula is C19H27N5O3. The summed E-state index contributed by atoms with van der Waals surface area (Å²) in [4.78, 5) is 12.2. The number of amides is 1. The topological polar surface area (TPSA) is 90.3 Å². The SMILES string of the molecule is COc1ccc(COCCCNC(=O)c2cn(C3CCNCC3)nn2)cc1. The van der Waals surface area contributed by atoms with Crippen LogP contribution in [0.3, 0.4) is 0 Å². The first kappa shape index (κ1) is 19.3. The van der Waals surface area contributed by atoms with Crippen molar-refractivity contribution in [3.8, 4) is 5.75 Å². The number of piperidine rings is 1. The van der Waals surface area contributed by atoms with Gasteiger partial charge in [-0.3, -0.25) is 4.79 Å². The minimum Gasteiger partial charge on any atom is -0.497 e. The minimum absolute atomic E-state index is 0.190. The average molecular weight is 373 g/mol. The first-order valence-corrected chi connectivity index (χ1v) is 9.37. The maximum Gasteiger partial charge on any atom is 0.273 e. The fraction of sp³-hybridized carbons (Fsp3) is 0.526. The Morgan fingerprint density at radius 2 is 2.07 bits per heavy atom. The van der Waals surface area contributed by atoms with Crippen LogP contribution in [0, 0.1) is 0 Å². The number of ether oxygens (including phenoxy) is 2. The summed E-state index contributed by atoms with van der Waals surface area (Å²) < 4.78 is 12.6. The smallest absolute Gasteiger partial charge is 0.273 e. The van der Waals surface area contributed by atoms with Gasteiger partial charge in [-0.05, 0) is 50.0 Å². The van der Waals surface area contributed by atoms with Crippen LogP contribution >= 0.6 is 0 Å². The molecule has 0 spiro atoms. The molecule has 0 saturated carbocycles. The van der Waals surface area contributed by atoms with Crippen LogP contribution in [-0.2, 0) is 11.3 Å². The molecule has 0 unspecified atom stereocenters. The third-order valence-corrected chi connectivity index (χ3v) is 4.60. The second-order valence-electron chi connectivity index (χ2n) is 6.58.